The van der Waals surface area contributed by atoms with Crippen molar-refractivity contribution in [3.05, 3.63) is 63.6 Å². The Morgan fingerprint density at radius 2 is 1.90 bits per heavy atom. The molecule has 2 aromatic rings. The van der Waals surface area contributed by atoms with E-state index in [1.54, 1.807) is 36.1 Å². The molecule has 0 unspecified atom stereocenters. The third kappa shape index (κ3) is 6.47. The van der Waals surface area contributed by atoms with Crippen molar-refractivity contribution in [2.75, 3.05) is 6.61 Å². The molecule has 0 radical (unpaired) electrons. The molecular weight excluding hydrogens is 468 g/mol. The van der Waals surface area contributed by atoms with E-state index in [1.165, 1.54) is 0 Å². The first-order valence-corrected chi connectivity index (χ1v) is 11.3. The second-order valence-electron chi connectivity index (χ2n) is 7.56. The number of ether oxygens (including phenoxy) is 1. The SMILES string of the molecule is C[C@@H](C(=O)NC1CCCC1)N(Cc1ccc(Br)cc1)C(=O)COc1cccc(Cl)c1. The highest BCUT2D eigenvalue weighted by atomic mass is 79.9. The molecule has 0 aromatic heterocycles. The molecule has 5 nitrogen and oxygen atoms in total. The third-order valence-corrected chi connectivity index (χ3v) is 6.06. The summed E-state index contributed by atoms with van der Waals surface area (Å²) < 4.78 is 6.59. The highest BCUT2D eigenvalue weighted by Gasteiger charge is 2.28. The molecule has 1 aliphatic carbocycles. The van der Waals surface area contributed by atoms with Crippen LogP contribution >= 0.6 is 27.5 Å². The average molecular weight is 494 g/mol. The van der Waals surface area contributed by atoms with Gasteiger partial charge >= 0.3 is 0 Å². The summed E-state index contributed by atoms with van der Waals surface area (Å²) in [6.45, 7) is 1.92. The number of amides is 2. The number of rotatable bonds is 8. The lowest BCUT2D eigenvalue weighted by Gasteiger charge is -2.29. The number of halogens is 2. The Hall–Kier alpha value is -2.05. The lowest BCUT2D eigenvalue weighted by Crippen LogP contribution is -2.50. The summed E-state index contributed by atoms with van der Waals surface area (Å²) in [5.74, 6) is 0.129. The van der Waals surface area contributed by atoms with E-state index in [-0.39, 0.29) is 24.5 Å². The van der Waals surface area contributed by atoms with E-state index in [2.05, 4.69) is 21.2 Å². The molecule has 0 aliphatic heterocycles. The first kappa shape index (κ1) is 22.6. The Balaban J connectivity index is 1.70. The number of carbonyl (C=O) groups is 2. The van der Waals surface area contributed by atoms with Gasteiger partial charge in [0.05, 0.1) is 0 Å². The molecule has 1 aliphatic rings. The average Bonchev–Trinajstić information content (AvgIpc) is 3.24. The van der Waals surface area contributed by atoms with Crippen LogP contribution in [0.3, 0.4) is 0 Å². The Bertz CT molecular complexity index is 869. The van der Waals surface area contributed by atoms with Crippen LogP contribution < -0.4 is 10.1 Å². The second-order valence-corrected chi connectivity index (χ2v) is 8.91. The predicted octanol–water partition coefficient (Wildman–Crippen LogP) is 4.96. The summed E-state index contributed by atoms with van der Waals surface area (Å²) in [5.41, 5.74) is 0.940. The maximum absolute atomic E-state index is 13.0. The van der Waals surface area contributed by atoms with Crippen molar-refractivity contribution in [1.29, 1.82) is 0 Å². The van der Waals surface area contributed by atoms with Gasteiger partial charge in [-0.3, -0.25) is 9.59 Å². The molecular formula is C23H26BrClN2O3. The molecule has 1 N–H and O–H groups in total. The summed E-state index contributed by atoms with van der Waals surface area (Å²) in [5, 5.41) is 3.63. The molecule has 0 heterocycles. The normalized spacial score (nSPS) is 14.9. The number of hydrogen-bond acceptors (Lipinski definition) is 3. The first-order valence-electron chi connectivity index (χ1n) is 10.1. The van der Waals surface area contributed by atoms with Gasteiger partial charge in [0.1, 0.15) is 11.8 Å². The molecule has 1 atom stereocenters. The van der Waals surface area contributed by atoms with E-state index in [0.717, 1.165) is 35.7 Å². The van der Waals surface area contributed by atoms with Crippen LogP contribution in [-0.4, -0.2) is 35.4 Å². The standard InChI is InChI=1S/C23H26BrClN2O3/c1-16(23(29)26-20-6-2-3-7-20)27(14-17-9-11-18(24)12-10-17)22(28)15-30-21-8-4-5-19(25)13-21/h4-5,8-13,16,20H,2-3,6-7,14-15H2,1H3,(H,26,29)/t16-/m0/s1. The summed E-state index contributed by atoms with van der Waals surface area (Å²) in [6.07, 6.45) is 4.26. The summed E-state index contributed by atoms with van der Waals surface area (Å²) in [7, 11) is 0. The van der Waals surface area contributed by atoms with Gasteiger partial charge in [-0.1, -0.05) is 58.6 Å². The molecule has 0 bridgehead atoms. The van der Waals surface area contributed by atoms with Crippen molar-refractivity contribution in [3.8, 4) is 5.75 Å². The van der Waals surface area contributed by atoms with Crippen molar-refractivity contribution in [1.82, 2.24) is 10.2 Å². The molecule has 7 heteroatoms. The van der Waals surface area contributed by atoms with E-state index >= 15 is 0 Å². The van der Waals surface area contributed by atoms with Crippen molar-refractivity contribution in [2.24, 2.45) is 0 Å². The molecule has 1 fully saturated rings. The zero-order valence-electron chi connectivity index (χ0n) is 16.9. The first-order chi connectivity index (χ1) is 14.4. The molecule has 0 spiro atoms. The van der Waals surface area contributed by atoms with Crippen LogP contribution in [0.4, 0.5) is 0 Å². The Morgan fingerprint density at radius 1 is 1.20 bits per heavy atom. The summed E-state index contributed by atoms with van der Waals surface area (Å²) >= 11 is 9.41. The Morgan fingerprint density at radius 3 is 2.57 bits per heavy atom. The van der Waals surface area contributed by atoms with Gasteiger partial charge < -0.3 is 15.0 Å². The van der Waals surface area contributed by atoms with Crippen molar-refractivity contribution in [2.45, 2.75) is 51.2 Å². The molecule has 0 saturated heterocycles. The lowest BCUT2D eigenvalue weighted by molar-refractivity contribution is -0.142. The minimum atomic E-state index is -0.607. The van der Waals surface area contributed by atoms with E-state index < -0.39 is 6.04 Å². The van der Waals surface area contributed by atoms with E-state index in [9.17, 15) is 9.59 Å². The molecule has 3 rings (SSSR count). The zero-order valence-corrected chi connectivity index (χ0v) is 19.3. The van der Waals surface area contributed by atoms with Gasteiger partial charge in [0.15, 0.2) is 6.61 Å². The zero-order chi connectivity index (χ0) is 21.5. The van der Waals surface area contributed by atoms with Crippen molar-refractivity contribution >= 4 is 39.3 Å². The Kier molecular flexibility index (Phi) is 8.16. The molecule has 30 heavy (non-hydrogen) atoms. The maximum atomic E-state index is 13.0. The molecule has 1 saturated carbocycles. The summed E-state index contributed by atoms with van der Waals surface area (Å²) in [6, 6.07) is 14.2. The fraction of sp³-hybridized carbons (Fsp3) is 0.391. The van der Waals surface area contributed by atoms with Crippen LogP contribution in [-0.2, 0) is 16.1 Å². The largest absolute Gasteiger partial charge is 0.484 e. The predicted molar refractivity (Wildman–Crippen MR) is 121 cm³/mol. The second kappa shape index (κ2) is 10.8. The number of nitrogens with zero attached hydrogens (tertiary/aromatic N) is 1. The number of carbonyl (C=O) groups excluding carboxylic acids is 2. The van der Waals surface area contributed by atoms with Gasteiger partial charge in [0, 0.05) is 22.1 Å². The maximum Gasteiger partial charge on any atom is 0.261 e. The van der Waals surface area contributed by atoms with Gasteiger partial charge in [-0.25, -0.2) is 0 Å². The smallest absolute Gasteiger partial charge is 0.261 e. The highest BCUT2D eigenvalue weighted by Crippen LogP contribution is 2.20. The van der Waals surface area contributed by atoms with Crippen LogP contribution in [0.5, 0.6) is 5.75 Å². The van der Waals surface area contributed by atoms with Gasteiger partial charge in [-0.05, 0) is 55.7 Å². The van der Waals surface area contributed by atoms with Crippen LogP contribution in [0.2, 0.25) is 5.02 Å². The highest BCUT2D eigenvalue weighted by molar-refractivity contribution is 9.10. The van der Waals surface area contributed by atoms with Crippen molar-refractivity contribution in [3.63, 3.8) is 0 Å². The third-order valence-electron chi connectivity index (χ3n) is 5.29. The lowest BCUT2D eigenvalue weighted by atomic mass is 10.1. The molecule has 160 valence electrons. The van der Waals surface area contributed by atoms with Gasteiger partial charge in [-0.15, -0.1) is 0 Å². The number of benzene rings is 2. The van der Waals surface area contributed by atoms with Crippen LogP contribution in [0, 0.1) is 0 Å². The van der Waals surface area contributed by atoms with Crippen LogP contribution in [0.15, 0.2) is 53.0 Å². The van der Waals surface area contributed by atoms with Crippen LogP contribution in [0.25, 0.3) is 0 Å². The van der Waals surface area contributed by atoms with Gasteiger partial charge in [0.25, 0.3) is 5.91 Å². The molecule has 2 amide bonds. The quantitative estimate of drug-likeness (QED) is 0.566. The van der Waals surface area contributed by atoms with E-state index in [1.807, 2.05) is 24.3 Å². The van der Waals surface area contributed by atoms with E-state index in [4.69, 9.17) is 16.3 Å². The number of hydrogen-bond donors (Lipinski definition) is 1. The Labute approximate surface area is 190 Å². The van der Waals surface area contributed by atoms with Gasteiger partial charge in [-0.2, -0.15) is 0 Å². The van der Waals surface area contributed by atoms with Crippen molar-refractivity contribution < 1.29 is 14.3 Å². The van der Waals surface area contributed by atoms with Gasteiger partial charge in [0.2, 0.25) is 5.91 Å². The minimum Gasteiger partial charge on any atom is -0.484 e. The summed E-state index contributed by atoms with van der Waals surface area (Å²) in [4.78, 5) is 27.4. The minimum absolute atomic E-state index is 0.130. The topological polar surface area (TPSA) is 58.6 Å². The molecule has 2 aromatic carbocycles. The number of nitrogens with one attached hydrogen (secondary N) is 1. The monoisotopic (exact) mass is 492 g/mol. The van der Waals surface area contributed by atoms with E-state index in [0.29, 0.717) is 17.3 Å². The fourth-order valence-electron chi connectivity index (χ4n) is 3.55. The fourth-order valence-corrected chi connectivity index (χ4v) is 3.99. The van der Waals surface area contributed by atoms with Crippen LogP contribution in [0.1, 0.15) is 38.2 Å².